The van der Waals surface area contributed by atoms with Gasteiger partial charge >= 0.3 is 301 Å². The smallest absolute Gasteiger partial charge is 0.418 e. The molecule has 0 amide bonds. The van der Waals surface area contributed by atoms with Crippen LogP contribution in [-0.4, -0.2) is 46.0 Å². The van der Waals surface area contributed by atoms with Crippen LogP contribution >= 0.6 is 26.6 Å². The van der Waals surface area contributed by atoms with Crippen molar-refractivity contribution in [2.24, 2.45) is 0 Å². The number of hydrogen-bond acceptors (Lipinski definition) is 2. The van der Waals surface area contributed by atoms with Crippen molar-refractivity contribution in [3.8, 4) is 0 Å². The van der Waals surface area contributed by atoms with Crippen LogP contribution < -0.4 is 9.80 Å². The second-order valence-corrected chi connectivity index (χ2v) is 31.0. The molecular formula is C40H61BCl2F4N2PRu-. The third-order valence-electron chi connectivity index (χ3n) is 12.2. The third kappa shape index (κ3) is 9.72. The van der Waals surface area contributed by atoms with Gasteiger partial charge in [-0.25, -0.2) is 0 Å². The Labute approximate surface area is 316 Å². The molecule has 51 heavy (non-hydrogen) atoms. The van der Waals surface area contributed by atoms with E-state index in [4.69, 9.17) is 19.4 Å². The van der Waals surface area contributed by atoms with Crippen LogP contribution in [0.2, 0.25) is 0 Å². The zero-order valence-corrected chi connectivity index (χ0v) is 36.0. The molecule has 6 rings (SSSR count). The average molecular weight is 860 g/mol. The first-order valence-corrected chi connectivity index (χ1v) is 28.1. The Balaban J connectivity index is 0.000000943. The van der Waals surface area contributed by atoms with Crippen molar-refractivity contribution >= 4 is 54.0 Å². The molecule has 2 aromatic carbocycles. The van der Waals surface area contributed by atoms with Gasteiger partial charge in [-0.05, 0) is 0 Å². The zero-order valence-electron chi connectivity index (χ0n) is 31.7. The van der Waals surface area contributed by atoms with Crippen molar-refractivity contribution in [2.45, 2.75) is 155 Å². The summed E-state index contributed by atoms with van der Waals surface area (Å²) >= 11 is -3.58. The largest absolute Gasteiger partial charge is 0.673 e. The molecule has 1 heterocycles. The predicted molar refractivity (Wildman–Crippen MR) is 218 cm³/mol. The predicted octanol–water partition coefficient (Wildman–Crippen LogP) is 13.2. The van der Waals surface area contributed by atoms with Gasteiger partial charge in [-0.2, -0.15) is 0 Å². The van der Waals surface area contributed by atoms with E-state index in [1.54, 1.807) is 0 Å². The minimum Gasteiger partial charge on any atom is -0.418 e. The topological polar surface area (TPSA) is 6.48 Å². The van der Waals surface area contributed by atoms with Crippen LogP contribution in [-0.2, 0) is 11.9 Å². The molecule has 0 spiro atoms. The van der Waals surface area contributed by atoms with Gasteiger partial charge in [0.2, 0.25) is 0 Å². The fraction of sp³-hybridized carbons (Fsp3) is 0.650. The molecule has 290 valence electrons. The summed E-state index contributed by atoms with van der Waals surface area (Å²) in [6.07, 6.45) is 21.3. The Morgan fingerprint density at radius 2 is 0.843 bits per heavy atom. The maximum absolute atomic E-state index is 9.75. The Bertz CT molecular complexity index is 1480. The first-order valence-electron chi connectivity index (χ1n) is 19.5. The monoisotopic (exact) mass is 859 g/mol. The first-order chi connectivity index (χ1) is 24.0. The molecule has 2 aromatic rings. The normalized spacial score (nSPS) is 21.1. The van der Waals surface area contributed by atoms with Crippen LogP contribution in [0.3, 0.4) is 0 Å². The molecule has 3 saturated carbocycles. The van der Waals surface area contributed by atoms with Crippen molar-refractivity contribution < 1.29 is 29.2 Å². The van der Waals surface area contributed by atoms with Crippen molar-refractivity contribution in [2.75, 3.05) is 22.9 Å². The van der Waals surface area contributed by atoms with E-state index in [0.29, 0.717) is 0 Å². The van der Waals surface area contributed by atoms with Gasteiger partial charge in [-0.1, -0.05) is 0 Å². The third-order valence-corrected chi connectivity index (χ3v) is 29.5. The van der Waals surface area contributed by atoms with Crippen molar-refractivity contribution in [1.82, 2.24) is 0 Å². The SMILES string of the molecule is Cc1cc(C)c(N2CCN(c3c(C)cc(C)cc3C)[C]2=[Ru]([Cl])([Cl])=[CH][PH](C2CCCCC2)(C2CCCCC2)C2CCCCC2)c(C)c1.F[B-](F)(F)F. The van der Waals surface area contributed by atoms with E-state index in [2.05, 4.69) is 80.0 Å². The summed E-state index contributed by atoms with van der Waals surface area (Å²) in [6.45, 7) is 15.5. The fourth-order valence-electron chi connectivity index (χ4n) is 10.7. The van der Waals surface area contributed by atoms with Gasteiger partial charge in [-0.3, -0.25) is 0 Å². The molecule has 2 nitrogen and oxygen atoms in total. The van der Waals surface area contributed by atoms with Crippen molar-refractivity contribution in [3.63, 3.8) is 0 Å². The van der Waals surface area contributed by atoms with Gasteiger partial charge < -0.3 is 17.3 Å². The maximum atomic E-state index is 9.75. The molecule has 3 aliphatic carbocycles. The zero-order chi connectivity index (χ0) is 37.1. The van der Waals surface area contributed by atoms with Crippen LogP contribution in [0.4, 0.5) is 28.6 Å². The Kier molecular flexibility index (Phi) is 14.1. The number of nitrogens with zero attached hydrogens (tertiary/aromatic N) is 2. The van der Waals surface area contributed by atoms with E-state index in [0.717, 1.165) is 30.1 Å². The van der Waals surface area contributed by atoms with E-state index in [1.165, 1.54) is 145 Å². The molecule has 0 aromatic heterocycles. The van der Waals surface area contributed by atoms with Crippen molar-refractivity contribution in [3.05, 3.63) is 57.6 Å². The summed E-state index contributed by atoms with van der Waals surface area (Å²) in [5.74, 6) is 0. The Morgan fingerprint density at radius 3 is 1.12 bits per heavy atom. The molecule has 0 unspecified atom stereocenters. The van der Waals surface area contributed by atoms with Gasteiger partial charge in [0.1, 0.15) is 0 Å². The fourth-order valence-corrected chi connectivity index (χ4v) is 34.1. The van der Waals surface area contributed by atoms with E-state index in [9.17, 15) is 17.3 Å². The average Bonchev–Trinajstić information content (AvgIpc) is 3.48. The van der Waals surface area contributed by atoms with Gasteiger partial charge in [0.15, 0.2) is 0 Å². The van der Waals surface area contributed by atoms with Crippen LogP contribution in [0.15, 0.2) is 24.3 Å². The van der Waals surface area contributed by atoms with Gasteiger partial charge in [0, 0.05) is 0 Å². The van der Waals surface area contributed by atoms with E-state index < -0.39 is 26.4 Å². The summed E-state index contributed by atoms with van der Waals surface area (Å²) in [7, 11) is 8.66. The molecule has 1 saturated heterocycles. The molecule has 0 bridgehead atoms. The molecule has 1 aliphatic heterocycles. The van der Waals surface area contributed by atoms with Crippen LogP contribution in [0.1, 0.15) is 130 Å². The van der Waals surface area contributed by atoms with E-state index >= 15 is 0 Å². The molecule has 0 radical (unpaired) electrons. The molecule has 0 atom stereocenters. The standard InChI is InChI=1S/C21H26N2.C19H35P.BF4.2ClH.Ru/c1-14-9-16(3)20(17(4)10-14)22-7-8-23(13-22)21-18(5)11-15(2)12-19(21)6;1-20(17-11-5-2-6-12-17,18-13-7-3-8-14-18)19-15-9-4-10-16-19;2-1(3,4)5;;;/h9-12H,7-8H2,1-6H3;1,17-20H,2-16H2;;2*1H;/q;;-1;;;+2/p-2. The first kappa shape index (κ1) is 41.4. The van der Waals surface area contributed by atoms with E-state index in [-0.39, 0.29) is 0 Å². The minimum atomic E-state index is -6.00. The molecule has 11 heteroatoms. The molecule has 4 fully saturated rings. The van der Waals surface area contributed by atoms with Gasteiger partial charge in [-0.15, -0.1) is 0 Å². The number of hydrogen-bond donors (Lipinski definition) is 0. The summed E-state index contributed by atoms with van der Waals surface area (Å²) < 4.78 is 43.2. The maximum Gasteiger partial charge on any atom is 0.673 e. The van der Waals surface area contributed by atoms with Crippen LogP contribution in [0.5, 0.6) is 0 Å². The second-order valence-electron chi connectivity index (χ2n) is 16.1. The number of aryl methyl sites for hydroxylation is 6. The Hall–Kier alpha value is -0.802. The van der Waals surface area contributed by atoms with E-state index in [1.807, 2.05) is 0 Å². The molecule has 4 aliphatic rings. The summed E-state index contributed by atoms with van der Waals surface area (Å²) in [5, 5.41) is 0. The quantitative estimate of drug-likeness (QED) is 0.162. The van der Waals surface area contributed by atoms with Crippen LogP contribution in [0, 0.1) is 41.5 Å². The Morgan fingerprint density at radius 1 is 0.569 bits per heavy atom. The van der Waals surface area contributed by atoms with Gasteiger partial charge in [0.05, 0.1) is 0 Å². The number of halogens is 6. The molecule has 0 N–H and O–H groups in total. The molecular weight excluding hydrogens is 798 g/mol. The summed E-state index contributed by atoms with van der Waals surface area (Å²) in [6, 6.07) is 9.42. The number of anilines is 2. The minimum absolute atomic E-state index is 0.861. The summed E-state index contributed by atoms with van der Waals surface area (Å²) in [4.78, 5) is 5.24. The van der Waals surface area contributed by atoms with Gasteiger partial charge in [0.25, 0.3) is 0 Å². The van der Waals surface area contributed by atoms with Crippen LogP contribution in [0.25, 0.3) is 0 Å². The van der Waals surface area contributed by atoms with Crippen molar-refractivity contribution in [1.29, 1.82) is 0 Å². The number of rotatable bonds is 6. The number of benzene rings is 2. The summed E-state index contributed by atoms with van der Waals surface area (Å²) in [5.41, 5.74) is 13.3. The second kappa shape index (κ2) is 17.3.